The van der Waals surface area contributed by atoms with Gasteiger partial charge in [-0.2, -0.15) is 9.99 Å². The van der Waals surface area contributed by atoms with Gasteiger partial charge in [0.05, 0.1) is 17.2 Å². The van der Waals surface area contributed by atoms with Crippen LogP contribution < -0.4 is 10.0 Å². The van der Waals surface area contributed by atoms with E-state index >= 15 is 0 Å². The summed E-state index contributed by atoms with van der Waals surface area (Å²) in [6, 6.07) is 10.9. The summed E-state index contributed by atoms with van der Waals surface area (Å²) in [7, 11) is 0. The number of carbonyl (C=O) groups is 2. The highest BCUT2D eigenvalue weighted by Gasteiger charge is 2.19. The van der Waals surface area contributed by atoms with Gasteiger partial charge in [-0.3, -0.25) is 4.79 Å². The molecule has 1 aromatic carbocycles. The van der Waals surface area contributed by atoms with E-state index in [9.17, 15) is 14.8 Å². The van der Waals surface area contributed by atoms with Crippen LogP contribution in [0, 0.1) is 16.5 Å². The maximum atomic E-state index is 12.0. The Bertz CT molecular complexity index is 748. The largest absolute Gasteiger partial charge is 0.619 e. The third kappa shape index (κ3) is 4.28. The topological polar surface area (TPSA) is 106 Å². The predicted molar refractivity (Wildman–Crippen MR) is 80.1 cm³/mol. The Kier molecular flexibility index (Phi) is 4.89. The van der Waals surface area contributed by atoms with Crippen molar-refractivity contribution in [3.8, 4) is 6.07 Å². The Balaban J connectivity index is 1.95. The fourth-order valence-corrected chi connectivity index (χ4v) is 1.70. The zero-order chi connectivity index (χ0) is 16.8. The van der Waals surface area contributed by atoms with Crippen molar-refractivity contribution >= 4 is 17.6 Å². The van der Waals surface area contributed by atoms with Crippen LogP contribution in [0.3, 0.4) is 0 Å². The van der Waals surface area contributed by atoms with Crippen molar-refractivity contribution in [3.63, 3.8) is 0 Å². The molecule has 0 aliphatic carbocycles. The van der Waals surface area contributed by atoms with Gasteiger partial charge >= 0.3 is 5.97 Å². The van der Waals surface area contributed by atoms with Crippen LogP contribution in [0.1, 0.15) is 22.8 Å². The van der Waals surface area contributed by atoms with Gasteiger partial charge in [-0.15, -0.1) is 0 Å². The Morgan fingerprint density at radius 2 is 1.83 bits per heavy atom. The first kappa shape index (κ1) is 16.0. The lowest BCUT2D eigenvalue weighted by atomic mass is 10.2. The zero-order valence-corrected chi connectivity index (χ0v) is 12.2. The van der Waals surface area contributed by atoms with Crippen molar-refractivity contribution in [2.75, 3.05) is 5.32 Å². The minimum absolute atomic E-state index is 0.176. The number of pyridine rings is 1. The molecule has 0 unspecified atom stereocenters. The molecule has 0 aliphatic heterocycles. The number of esters is 1. The van der Waals surface area contributed by atoms with Gasteiger partial charge in [-0.05, 0) is 31.2 Å². The molecule has 7 heteroatoms. The maximum absolute atomic E-state index is 12.0. The number of hydrogen-bond donors (Lipinski definition) is 1. The smallest absolute Gasteiger partial charge is 0.339 e. The highest BCUT2D eigenvalue weighted by Crippen LogP contribution is 2.10. The quantitative estimate of drug-likeness (QED) is 0.521. The monoisotopic (exact) mass is 311 g/mol. The van der Waals surface area contributed by atoms with Crippen molar-refractivity contribution in [2.24, 2.45) is 0 Å². The number of nitriles is 1. The van der Waals surface area contributed by atoms with E-state index < -0.39 is 18.0 Å². The summed E-state index contributed by atoms with van der Waals surface area (Å²) in [6.07, 6.45) is 1.31. The van der Waals surface area contributed by atoms with Crippen LogP contribution in [0.15, 0.2) is 48.8 Å². The molecule has 2 aromatic rings. The molecule has 0 aliphatic rings. The lowest BCUT2D eigenvalue weighted by Crippen LogP contribution is -2.30. The van der Waals surface area contributed by atoms with Crippen LogP contribution in [-0.4, -0.2) is 18.0 Å². The third-order valence-corrected chi connectivity index (χ3v) is 2.97. The van der Waals surface area contributed by atoms with Gasteiger partial charge in [0, 0.05) is 17.8 Å². The average molecular weight is 311 g/mol. The third-order valence-electron chi connectivity index (χ3n) is 2.97. The number of anilines is 1. The Labute approximate surface area is 132 Å². The van der Waals surface area contributed by atoms with Crippen LogP contribution >= 0.6 is 0 Å². The second kappa shape index (κ2) is 7.04. The van der Waals surface area contributed by atoms with Crippen LogP contribution in [0.4, 0.5) is 5.69 Å². The number of carbonyl (C=O) groups excluding carboxylic acids is 2. The molecule has 116 valence electrons. The van der Waals surface area contributed by atoms with E-state index in [4.69, 9.17) is 10.00 Å². The second-order valence-electron chi connectivity index (χ2n) is 4.67. The number of aromatic nitrogens is 1. The number of hydrogen-bond acceptors (Lipinski definition) is 5. The van der Waals surface area contributed by atoms with Crippen molar-refractivity contribution in [3.05, 3.63) is 65.1 Å². The number of nitrogens with zero attached hydrogens (tertiary/aromatic N) is 2. The first-order valence-electron chi connectivity index (χ1n) is 6.70. The summed E-state index contributed by atoms with van der Waals surface area (Å²) in [5.74, 6) is -1.20. The lowest BCUT2D eigenvalue weighted by molar-refractivity contribution is -0.605. The standard InChI is InChI=1S/C16H13N3O4/c1-11(23-16(21)13-6-8-19(22)9-7-13)15(20)18-14-4-2-12(10-17)3-5-14/h2-9,11H,1H3,(H,18,20)/t11-/m0/s1. The van der Waals surface area contributed by atoms with Gasteiger partial charge in [0.15, 0.2) is 18.5 Å². The number of nitrogens with one attached hydrogen (secondary N) is 1. The average Bonchev–Trinajstić information content (AvgIpc) is 2.56. The molecule has 7 nitrogen and oxygen atoms in total. The van der Waals surface area contributed by atoms with E-state index in [1.165, 1.54) is 19.1 Å². The lowest BCUT2D eigenvalue weighted by Gasteiger charge is -2.13. The normalized spacial score (nSPS) is 11.1. The molecule has 1 aromatic heterocycles. The van der Waals surface area contributed by atoms with Gasteiger partial charge in [0.1, 0.15) is 0 Å². The molecule has 0 radical (unpaired) electrons. The van der Waals surface area contributed by atoms with Gasteiger partial charge in [-0.1, -0.05) is 0 Å². The number of rotatable bonds is 4. The molecule has 23 heavy (non-hydrogen) atoms. The SMILES string of the molecule is C[C@H](OC(=O)c1cc[n+]([O-])cc1)C(=O)Nc1ccc(C#N)cc1. The van der Waals surface area contributed by atoms with Gasteiger partial charge < -0.3 is 15.3 Å². The number of amides is 1. The molecule has 1 amide bonds. The van der Waals surface area contributed by atoms with Gasteiger partial charge in [0.2, 0.25) is 0 Å². The molecule has 0 spiro atoms. The molecule has 1 atom stereocenters. The molecular formula is C16H13N3O4. The van der Waals surface area contributed by atoms with Crippen molar-refractivity contribution < 1.29 is 19.1 Å². The fraction of sp³-hybridized carbons (Fsp3) is 0.125. The van der Waals surface area contributed by atoms with Crippen LogP contribution in [0.2, 0.25) is 0 Å². The first-order chi connectivity index (χ1) is 11.0. The summed E-state index contributed by atoms with van der Waals surface area (Å²) < 4.78 is 5.58. The molecular weight excluding hydrogens is 298 g/mol. The number of ether oxygens (including phenoxy) is 1. The second-order valence-corrected chi connectivity index (χ2v) is 4.67. The van der Waals surface area contributed by atoms with E-state index in [0.29, 0.717) is 16.0 Å². The Morgan fingerprint density at radius 3 is 2.39 bits per heavy atom. The van der Waals surface area contributed by atoms with E-state index in [-0.39, 0.29) is 5.56 Å². The summed E-state index contributed by atoms with van der Waals surface area (Å²) >= 11 is 0. The Morgan fingerprint density at radius 1 is 1.22 bits per heavy atom. The molecule has 0 saturated heterocycles. The van der Waals surface area contributed by atoms with Crippen LogP contribution in [0.5, 0.6) is 0 Å². The van der Waals surface area contributed by atoms with Crippen molar-refractivity contribution in [1.29, 1.82) is 5.26 Å². The summed E-state index contributed by atoms with van der Waals surface area (Å²) in [5, 5.41) is 22.2. The highest BCUT2D eigenvalue weighted by atomic mass is 16.5. The minimum Gasteiger partial charge on any atom is -0.619 e. The van der Waals surface area contributed by atoms with Crippen molar-refractivity contribution in [1.82, 2.24) is 0 Å². The summed E-state index contributed by atoms with van der Waals surface area (Å²) in [4.78, 5) is 23.8. The van der Waals surface area contributed by atoms with E-state index in [1.807, 2.05) is 6.07 Å². The van der Waals surface area contributed by atoms with E-state index in [0.717, 1.165) is 12.4 Å². The minimum atomic E-state index is -1.02. The molecule has 0 fully saturated rings. The predicted octanol–water partition coefficient (Wildman–Crippen LogP) is 1.38. The fourth-order valence-electron chi connectivity index (χ4n) is 1.70. The number of benzene rings is 1. The molecule has 1 N–H and O–H groups in total. The summed E-state index contributed by atoms with van der Waals surface area (Å²) in [5.41, 5.74) is 1.14. The Hall–Kier alpha value is -3.40. The molecule has 2 rings (SSSR count). The van der Waals surface area contributed by atoms with Crippen molar-refractivity contribution in [2.45, 2.75) is 13.0 Å². The maximum Gasteiger partial charge on any atom is 0.339 e. The molecule has 1 heterocycles. The molecule has 0 bridgehead atoms. The highest BCUT2D eigenvalue weighted by molar-refractivity contribution is 5.97. The van der Waals surface area contributed by atoms with Crippen LogP contribution in [0.25, 0.3) is 0 Å². The van der Waals surface area contributed by atoms with Gasteiger partial charge in [-0.25, -0.2) is 4.79 Å². The summed E-state index contributed by atoms with van der Waals surface area (Å²) in [6.45, 7) is 1.44. The van der Waals surface area contributed by atoms with E-state index in [2.05, 4.69) is 5.32 Å². The van der Waals surface area contributed by atoms with Gasteiger partial charge in [0.25, 0.3) is 5.91 Å². The van der Waals surface area contributed by atoms with E-state index in [1.54, 1.807) is 24.3 Å². The molecule has 0 saturated carbocycles. The zero-order valence-electron chi connectivity index (χ0n) is 12.2. The first-order valence-corrected chi connectivity index (χ1v) is 6.70. The van der Waals surface area contributed by atoms with Crippen LogP contribution in [-0.2, 0) is 9.53 Å².